The van der Waals surface area contributed by atoms with Crippen LogP contribution in [0.5, 0.6) is 0 Å². The topological polar surface area (TPSA) is 29.1 Å². The molecule has 1 N–H and O–H groups in total. The first kappa shape index (κ1) is 11.5. The normalized spacial score (nSPS) is 23.0. The van der Waals surface area contributed by atoms with Crippen LogP contribution in [-0.2, 0) is 4.79 Å². The molecule has 82 valence electrons. The van der Waals surface area contributed by atoms with Gasteiger partial charge in [-0.15, -0.1) is 0 Å². The zero-order valence-electron chi connectivity index (χ0n) is 9.57. The highest BCUT2D eigenvalue weighted by atomic mass is 16.2. The molecule has 0 atom stereocenters. The maximum Gasteiger partial charge on any atom is 0.225 e. The molecule has 1 aliphatic rings. The number of carbonyl (C=O) groups excluding carboxylic acids is 1. The number of hydrogen-bond acceptors (Lipinski definition) is 1. The maximum atomic E-state index is 11.8. The van der Waals surface area contributed by atoms with E-state index in [0.29, 0.717) is 0 Å². The molecule has 0 unspecified atom stereocenters. The van der Waals surface area contributed by atoms with Gasteiger partial charge in [-0.25, -0.2) is 0 Å². The molecule has 0 spiro atoms. The fourth-order valence-corrected chi connectivity index (χ4v) is 2.39. The number of nitrogens with one attached hydrogen (secondary N) is 1. The van der Waals surface area contributed by atoms with E-state index in [1.165, 1.54) is 38.5 Å². The van der Waals surface area contributed by atoms with Crippen molar-refractivity contribution in [1.29, 1.82) is 0 Å². The predicted molar refractivity (Wildman–Crippen MR) is 59.1 cm³/mol. The van der Waals surface area contributed by atoms with Crippen LogP contribution >= 0.6 is 0 Å². The summed E-state index contributed by atoms with van der Waals surface area (Å²) in [7, 11) is 1.75. The van der Waals surface area contributed by atoms with Crippen molar-refractivity contribution in [2.45, 2.75) is 58.3 Å². The fourth-order valence-electron chi connectivity index (χ4n) is 2.39. The minimum absolute atomic E-state index is 0.0981. The molecule has 2 nitrogen and oxygen atoms in total. The van der Waals surface area contributed by atoms with Crippen LogP contribution in [0.15, 0.2) is 0 Å². The van der Waals surface area contributed by atoms with Crippen molar-refractivity contribution in [3.05, 3.63) is 0 Å². The van der Waals surface area contributed by atoms with Gasteiger partial charge in [0.2, 0.25) is 5.91 Å². The molecule has 0 aliphatic heterocycles. The van der Waals surface area contributed by atoms with Gasteiger partial charge in [0.05, 0.1) is 0 Å². The van der Waals surface area contributed by atoms with Gasteiger partial charge in [-0.1, -0.05) is 45.4 Å². The lowest BCUT2D eigenvalue weighted by molar-refractivity contribution is -0.130. The average molecular weight is 197 g/mol. The minimum atomic E-state index is -0.0981. The first-order chi connectivity index (χ1) is 6.69. The Morgan fingerprint density at radius 2 is 1.43 bits per heavy atom. The summed E-state index contributed by atoms with van der Waals surface area (Å²) in [4.78, 5) is 11.8. The Balaban J connectivity index is 2.57. The highest BCUT2D eigenvalue weighted by Crippen LogP contribution is 2.33. The fraction of sp³-hybridized carbons (Fsp3) is 0.917. The smallest absolute Gasteiger partial charge is 0.225 e. The van der Waals surface area contributed by atoms with Gasteiger partial charge in [-0.3, -0.25) is 4.79 Å². The number of carbonyl (C=O) groups is 1. The van der Waals surface area contributed by atoms with E-state index in [1.807, 2.05) is 0 Å². The van der Waals surface area contributed by atoms with Crippen molar-refractivity contribution in [2.75, 3.05) is 7.05 Å². The van der Waals surface area contributed by atoms with Gasteiger partial charge in [0.25, 0.3) is 0 Å². The molecule has 0 radical (unpaired) electrons. The van der Waals surface area contributed by atoms with Gasteiger partial charge < -0.3 is 5.32 Å². The van der Waals surface area contributed by atoms with Crippen LogP contribution in [0.4, 0.5) is 0 Å². The average Bonchev–Trinajstić information content (AvgIpc) is 2.30. The van der Waals surface area contributed by atoms with Crippen LogP contribution in [-0.4, -0.2) is 13.0 Å². The van der Waals surface area contributed by atoms with E-state index in [2.05, 4.69) is 12.2 Å². The first-order valence-corrected chi connectivity index (χ1v) is 5.91. The number of amides is 1. The third-order valence-electron chi connectivity index (χ3n) is 3.48. The predicted octanol–water partition coefficient (Wildman–Crippen LogP) is 2.87. The summed E-state index contributed by atoms with van der Waals surface area (Å²) in [6.45, 7) is 2.12. The third kappa shape index (κ3) is 3.00. The van der Waals surface area contributed by atoms with Crippen molar-refractivity contribution in [3.63, 3.8) is 0 Å². The second kappa shape index (κ2) is 5.38. The highest BCUT2D eigenvalue weighted by molar-refractivity contribution is 5.81. The number of hydrogen-bond donors (Lipinski definition) is 1. The Morgan fingerprint density at radius 1 is 1.00 bits per heavy atom. The Labute approximate surface area is 87.5 Å². The molecular weight excluding hydrogens is 174 g/mol. The summed E-state index contributed by atoms with van der Waals surface area (Å²) in [5, 5.41) is 2.80. The molecule has 2 heteroatoms. The quantitative estimate of drug-likeness (QED) is 0.688. The summed E-state index contributed by atoms with van der Waals surface area (Å²) in [5.41, 5.74) is -0.0981. The van der Waals surface area contributed by atoms with Gasteiger partial charge in [0, 0.05) is 12.5 Å². The van der Waals surface area contributed by atoms with Crippen LogP contribution in [0.2, 0.25) is 0 Å². The molecular formula is C12H23NO. The van der Waals surface area contributed by atoms with Gasteiger partial charge in [0.15, 0.2) is 0 Å². The van der Waals surface area contributed by atoms with Gasteiger partial charge in [-0.2, -0.15) is 0 Å². The Kier molecular flexibility index (Phi) is 4.43. The zero-order valence-corrected chi connectivity index (χ0v) is 9.57. The molecule has 0 heterocycles. The molecule has 1 rings (SSSR count). The molecule has 1 fully saturated rings. The largest absolute Gasteiger partial charge is 0.359 e. The van der Waals surface area contributed by atoms with Gasteiger partial charge in [-0.05, 0) is 12.8 Å². The van der Waals surface area contributed by atoms with E-state index in [9.17, 15) is 4.79 Å². The van der Waals surface area contributed by atoms with E-state index < -0.39 is 0 Å². The molecule has 1 saturated carbocycles. The molecule has 14 heavy (non-hydrogen) atoms. The van der Waals surface area contributed by atoms with E-state index in [-0.39, 0.29) is 11.3 Å². The molecule has 1 aliphatic carbocycles. The van der Waals surface area contributed by atoms with E-state index in [0.717, 1.165) is 12.8 Å². The van der Waals surface area contributed by atoms with Crippen molar-refractivity contribution in [3.8, 4) is 0 Å². The lowest BCUT2D eigenvalue weighted by Gasteiger charge is -2.27. The monoisotopic (exact) mass is 197 g/mol. The molecule has 0 aromatic carbocycles. The van der Waals surface area contributed by atoms with Crippen molar-refractivity contribution < 1.29 is 4.79 Å². The second-order valence-electron chi connectivity index (χ2n) is 4.76. The minimum Gasteiger partial charge on any atom is -0.359 e. The molecule has 0 aromatic heterocycles. The SMILES string of the molecule is CNC(=O)C1(C)CCCCCCCC1. The maximum absolute atomic E-state index is 11.8. The van der Waals surface area contributed by atoms with Crippen molar-refractivity contribution in [2.24, 2.45) is 5.41 Å². The Morgan fingerprint density at radius 3 is 1.86 bits per heavy atom. The van der Waals surface area contributed by atoms with Crippen LogP contribution in [0, 0.1) is 5.41 Å². The lowest BCUT2D eigenvalue weighted by atomic mass is 9.80. The van der Waals surface area contributed by atoms with E-state index in [1.54, 1.807) is 7.05 Å². The lowest BCUT2D eigenvalue weighted by Crippen LogP contribution is -2.36. The third-order valence-corrected chi connectivity index (χ3v) is 3.48. The summed E-state index contributed by atoms with van der Waals surface area (Å²) in [6.07, 6.45) is 9.85. The summed E-state index contributed by atoms with van der Waals surface area (Å²) < 4.78 is 0. The summed E-state index contributed by atoms with van der Waals surface area (Å²) in [6, 6.07) is 0. The second-order valence-corrected chi connectivity index (χ2v) is 4.76. The van der Waals surface area contributed by atoms with Crippen LogP contribution in [0.1, 0.15) is 58.3 Å². The summed E-state index contributed by atoms with van der Waals surface area (Å²) in [5.74, 6) is 0.236. The van der Waals surface area contributed by atoms with Crippen LogP contribution < -0.4 is 5.32 Å². The van der Waals surface area contributed by atoms with Gasteiger partial charge >= 0.3 is 0 Å². The zero-order chi connectivity index (χ0) is 10.4. The first-order valence-electron chi connectivity index (χ1n) is 5.91. The van der Waals surface area contributed by atoms with Crippen LogP contribution in [0.3, 0.4) is 0 Å². The van der Waals surface area contributed by atoms with E-state index in [4.69, 9.17) is 0 Å². The molecule has 0 aromatic rings. The molecule has 0 bridgehead atoms. The van der Waals surface area contributed by atoms with Gasteiger partial charge in [0.1, 0.15) is 0 Å². The Bertz CT molecular complexity index is 179. The van der Waals surface area contributed by atoms with Crippen molar-refractivity contribution >= 4 is 5.91 Å². The Hall–Kier alpha value is -0.530. The standard InChI is InChI=1S/C12H23NO/c1-12(11(14)13-2)9-7-5-3-4-6-8-10-12/h3-10H2,1-2H3,(H,13,14). The highest BCUT2D eigenvalue weighted by Gasteiger charge is 2.31. The number of rotatable bonds is 1. The summed E-state index contributed by atoms with van der Waals surface area (Å²) >= 11 is 0. The van der Waals surface area contributed by atoms with E-state index >= 15 is 0 Å². The van der Waals surface area contributed by atoms with Crippen LogP contribution in [0.25, 0.3) is 0 Å². The van der Waals surface area contributed by atoms with Crippen molar-refractivity contribution in [1.82, 2.24) is 5.32 Å². The molecule has 0 saturated heterocycles. The molecule has 1 amide bonds.